The number of hydrogen-bond acceptors (Lipinski definition) is 4. The largest absolute Gasteiger partial charge is 0.497 e. The van der Waals surface area contributed by atoms with Crippen LogP contribution in [0.15, 0.2) is 54.6 Å². The van der Waals surface area contributed by atoms with Gasteiger partial charge in [-0.15, -0.1) is 0 Å². The fourth-order valence-electron chi connectivity index (χ4n) is 3.56. The lowest BCUT2D eigenvalue weighted by atomic mass is 9.98. The molecule has 3 aromatic carbocycles. The van der Waals surface area contributed by atoms with Crippen molar-refractivity contribution in [3.05, 3.63) is 82.7 Å². The van der Waals surface area contributed by atoms with E-state index in [2.05, 4.69) is 5.32 Å². The molecule has 0 aromatic heterocycles. The molecule has 0 heterocycles. The molecule has 1 atom stereocenters. The molecule has 3 aromatic rings. The van der Waals surface area contributed by atoms with Crippen LogP contribution in [0.5, 0.6) is 11.5 Å². The molecule has 0 fully saturated rings. The summed E-state index contributed by atoms with van der Waals surface area (Å²) in [5.74, 6) is -1.23. The number of alkyl halides is 3. The Kier molecular flexibility index (Phi) is 8.01. The number of ether oxygens (including phenoxy) is 2. The SMILES string of the molecule is COc1cc(F)cc(C(C)NCCOc2cc(-c3ccc(C)c(C(=O)O)c3)cc(C(F)(F)F)c2)c1. The summed E-state index contributed by atoms with van der Waals surface area (Å²) < 4.78 is 64.9. The fraction of sp³-hybridized carbons (Fsp3) is 0.269. The number of carbonyl (C=O) groups is 1. The molecular formula is C26H25F4NO4. The molecule has 0 aliphatic rings. The Morgan fingerprint density at radius 1 is 1.03 bits per heavy atom. The number of carboxylic acids is 1. The predicted octanol–water partition coefficient (Wildman–Crippen LogP) is 6.26. The zero-order valence-corrected chi connectivity index (χ0v) is 19.4. The number of aryl methyl sites for hydroxylation is 1. The average Bonchev–Trinajstić information content (AvgIpc) is 2.80. The van der Waals surface area contributed by atoms with E-state index in [-0.39, 0.29) is 36.1 Å². The van der Waals surface area contributed by atoms with Gasteiger partial charge in [0.2, 0.25) is 0 Å². The van der Waals surface area contributed by atoms with Crippen LogP contribution >= 0.6 is 0 Å². The number of methoxy groups -OCH3 is 1. The zero-order valence-electron chi connectivity index (χ0n) is 19.4. The molecule has 186 valence electrons. The van der Waals surface area contributed by atoms with E-state index in [1.807, 2.05) is 6.92 Å². The van der Waals surface area contributed by atoms with Crippen LogP contribution < -0.4 is 14.8 Å². The summed E-state index contributed by atoms with van der Waals surface area (Å²) in [5, 5.41) is 12.5. The number of carboxylic acid groups (broad SMARTS) is 1. The Bertz CT molecular complexity index is 1210. The molecule has 0 spiro atoms. The zero-order chi connectivity index (χ0) is 25.8. The van der Waals surface area contributed by atoms with E-state index in [1.165, 1.54) is 31.4 Å². The van der Waals surface area contributed by atoms with Crippen LogP contribution in [0.25, 0.3) is 11.1 Å². The number of benzene rings is 3. The van der Waals surface area contributed by atoms with Crippen molar-refractivity contribution in [1.82, 2.24) is 5.32 Å². The van der Waals surface area contributed by atoms with Gasteiger partial charge in [-0.2, -0.15) is 13.2 Å². The Hall–Kier alpha value is -3.59. The van der Waals surface area contributed by atoms with E-state index in [0.29, 0.717) is 22.4 Å². The number of halogens is 4. The van der Waals surface area contributed by atoms with Crippen LogP contribution in [0.4, 0.5) is 17.6 Å². The highest BCUT2D eigenvalue weighted by Crippen LogP contribution is 2.36. The van der Waals surface area contributed by atoms with Gasteiger partial charge < -0.3 is 19.9 Å². The molecule has 0 aliphatic carbocycles. The number of aromatic carboxylic acids is 1. The van der Waals surface area contributed by atoms with Crippen molar-refractivity contribution in [1.29, 1.82) is 0 Å². The van der Waals surface area contributed by atoms with E-state index in [9.17, 15) is 27.5 Å². The first-order valence-electron chi connectivity index (χ1n) is 10.7. The van der Waals surface area contributed by atoms with Crippen molar-refractivity contribution < 1.29 is 36.9 Å². The van der Waals surface area contributed by atoms with Gasteiger partial charge in [-0.25, -0.2) is 9.18 Å². The van der Waals surface area contributed by atoms with E-state index in [1.54, 1.807) is 25.1 Å². The van der Waals surface area contributed by atoms with Gasteiger partial charge in [-0.1, -0.05) is 12.1 Å². The van der Waals surface area contributed by atoms with Crippen LogP contribution in [-0.2, 0) is 6.18 Å². The summed E-state index contributed by atoms with van der Waals surface area (Å²) >= 11 is 0. The first kappa shape index (κ1) is 26.0. The molecular weight excluding hydrogens is 466 g/mol. The minimum atomic E-state index is -4.61. The van der Waals surface area contributed by atoms with E-state index in [0.717, 1.165) is 12.1 Å². The highest BCUT2D eigenvalue weighted by molar-refractivity contribution is 5.91. The summed E-state index contributed by atoms with van der Waals surface area (Å²) in [7, 11) is 1.44. The van der Waals surface area contributed by atoms with Gasteiger partial charge in [0.15, 0.2) is 0 Å². The summed E-state index contributed by atoms with van der Waals surface area (Å²) in [6.07, 6.45) is -4.61. The van der Waals surface area contributed by atoms with Gasteiger partial charge in [0.1, 0.15) is 23.9 Å². The maximum Gasteiger partial charge on any atom is 0.416 e. The summed E-state index contributed by atoms with van der Waals surface area (Å²) in [6, 6.07) is 11.8. The van der Waals surface area contributed by atoms with E-state index in [4.69, 9.17) is 9.47 Å². The molecule has 2 N–H and O–H groups in total. The number of nitrogens with one attached hydrogen (secondary N) is 1. The Labute approximate surface area is 200 Å². The highest BCUT2D eigenvalue weighted by Gasteiger charge is 2.31. The van der Waals surface area contributed by atoms with E-state index < -0.39 is 23.5 Å². The molecule has 0 saturated heterocycles. The second-order valence-corrected chi connectivity index (χ2v) is 8.03. The summed E-state index contributed by atoms with van der Waals surface area (Å²) in [4.78, 5) is 11.4. The van der Waals surface area contributed by atoms with Crippen molar-refractivity contribution in [3.63, 3.8) is 0 Å². The molecule has 0 amide bonds. The molecule has 9 heteroatoms. The molecule has 0 saturated carbocycles. The average molecular weight is 491 g/mol. The third-order valence-corrected chi connectivity index (χ3v) is 5.49. The van der Waals surface area contributed by atoms with Crippen LogP contribution in [0, 0.1) is 12.7 Å². The predicted molar refractivity (Wildman–Crippen MR) is 123 cm³/mol. The second-order valence-electron chi connectivity index (χ2n) is 8.03. The second kappa shape index (κ2) is 10.8. The maximum atomic E-state index is 13.7. The lowest BCUT2D eigenvalue weighted by Gasteiger charge is -2.17. The van der Waals surface area contributed by atoms with Crippen molar-refractivity contribution >= 4 is 5.97 Å². The lowest BCUT2D eigenvalue weighted by molar-refractivity contribution is -0.137. The van der Waals surface area contributed by atoms with Gasteiger partial charge in [-0.3, -0.25) is 0 Å². The van der Waals surface area contributed by atoms with Gasteiger partial charge in [0.05, 0.1) is 18.2 Å². The van der Waals surface area contributed by atoms with Crippen LogP contribution in [-0.4, -0.2) is 31.3 Å². The van der Waals surface area contributed by atoms with Gasteiger partial charge in [0.25, 0.3) is 0 Å². The van der Waals surface area contributed by atoms with Gasteiger partial charge in [0, 0.05) is 18.7 Å². The highest BCUT2D eigenvalue weighted by atomic mass is 19.4. The molecule has 1 unspecified atom stereocenters. The minimum Gasteiger partial charge on any atom is -0.497 e. The third-order valence-electron chi connectivity index (χ3n) is 5.49. The maximum absolute atomic E-state index is 13.7. The van der Waals surface area contributed by atoms with Crippen molar-refractivity contribution in [2.24, 2.45) is 0 Å². The van der Waals surface area contributed by atoms with Crippen LogP contribution in [0.1, 0.15) is 40.0 Å². The standard InChI is InChI=1S/C26H25F4NO4/c1-15-4-5-17(12-24(15)25(32)33)19-8-20(26(28,29)30)13-23(11-19)35-7-6-31-16(2)18-9-21(27)14-22(10-18)34-3/h4-5,8-14,16,31H,6-7H2,1-3H3,(H,32,33). The molecule has 0 radical (unpaired) electrons. The van der Waals surface area contributed by atoms with Gasteiger partial charge >= 0.3 is 12.1 Å². The fourth-order valence-corrected chi connectivity index (χ4v) is 3.56. The normalized spacial score (nSPS) is 12.3. The van der Waals surface area contributed by atoms with Gasteiger partial charge in [-0.05, 0) is 72.5 Å². The van der Waals surface area contributed by atoms with E-state index >= 15 is 0 Å². The number of hydrogen-bond donors (Lipinski definition) is 2. The smallest absolute Gasteiger partial charge is 0.416 e. The molecule has 5 nitrogen and oxygen atoms in total. The molecule has 3 rings (SSSR count). The Morgan fingerprint density at radius 2 is 1.77 bits per heavy atom. The van der Waals surface area contributed by atoms with Crippen molar-refractivity contribution in [3.8, 4) is 22.6 Å². The van der Waals surface area contributed by atoms with Crippen LogP contribution in [0.2, 0.25) is 0 Å². The monoisotopic (exact) mass is 491 g/mol. The Morgan fingerprint density at radius 3 is 2.43 bits per heavy atom. The first-order valence-corrected chi connectivity index (χ1v) is 10.7. The molecule has 0 bridgehead atoms. The third kappa shape index (κ3) is 6.73. The Balaban J connectivity index is 1.76. The first-order chi connectivity index (χ1) is 16.5. The topological polar surface area (TPSA) is 67.8 Å². The minimum absolute atomic E-state index is 0.00541. The van der Waals surface area contributed by atoms with Crippen LogP contribution in [0.3, 0.4) is 0 Å². The summed E-state index contributed by atoms with van der Waals surface area (Å²) in [6.45, 7) is 3.75. The van der Waals surface area contributed by atoms with Crippen molar-refractivity contribution in [2.75, 3.05) is 20.3 Å². The molecule has 35 heavy (non-hydrogen) atoms. The van der Waals surface area contributed by atoms with Crippen molar-refractivity contribution in [2.45, 2.75) is 26.1 Å². The lowest BCUT2D eigenvalue weighted by Crippen LogP contribution is -2.24. The number of rotatable bonds is 9. The summed E-state index contributed by atoms with van der Waals surface area (Å²) in [5.41, 5.74) is 0.768. The quantitative estimate of drug-likeness (QED) is 0.273. The molecule has 0 aliphatic heterocycles.